The number of likely N-dealkylation sites (N-methyl/N-ethyl adjacent to an activating group) is 2. The zero-order valence-electron chi connectivity index (χ0n) is 29.8. The molecule has 4 atom stereocenters. The number of aliphatic carboxylic acids is 1. The van der Waals surface area contributed by atoms with E-state index in [1.54, 1.807) is 20.8 Å². The Hall–Kier alpha value is -3.56. The number of carbonyl (C=O) groups excluding carboxylic acids is 4. The number of ether oxygens (including phenoxy) is 3. The van der Waals surface area contributed by atoms with Crippen LogP contribution in [0.5, 0.6) is 0 Å². The number of esters is 2. The number of carboxylic acids is 1. The molecule has 1 N–H and O–H groups in total. The molecule has 49 heavy (non-hydrogen) atoms. The average Bonchev–Trinajstić information content (AvgIpc) is 2.91. The Morgan fingerprint density at radius 1 is 0.796 bits per heavy atom. The Morgan fingerprint density at radius 2 is 1.29 bits per heavy atom. The molecule has 1 aromatic carbocycles. The Labute approximate surface area is 289 Å². The number of hydrogen-bond acceptors (Lipinski definition) is 9. The molecule has 0 saturated carbocycles. The Morgan fingerprint density at radius 3 is 1.71 bits per heavy atom. The van der Waals surface area contributed by atoms with Gasteiger partial charge < -0.3 is 24.2 Å². The summed E-state index contributed by atoms with van der Waals surface area (Å²) >= 11 is -0.355. The fourth-order valence-electron chi connectivity index (χ4n) is 4.44. The van der Waals surface area contributed by atoms with Crippen molar-refractivity contribution >= 4 is 41.7 Å². The maximum absolute atomic E-state index is 14.9. The minimum Gasteiger partial charge on any atom is -0.478 e. The lowest BCUT2D eigenvalue weighted by molar-refractivity contribution is -0.173. The van der Waals surface area contributed by atoms with Crippen molar-refractivity contribution in [2.75, 3.05) is 14.1 Å². The molecular weight excluding hydrogens is 676 g/mol. The van der Waals surface area contributed by atoms with Crippen LogP contribution in [-0.4, -0.2) is 100.0 Å². The van der Waals surface area contributed by atoms with Crippen molar-refractivity contribution in [3.8, 4) is 0 Å². The molecule has 0 spiro atoms. The van der Waals surface area contributed by atoms with E-state index in [9.17, 15) is 46.6 Å². The third-order valence-electron chi connectivity index (χ3n) is 6.75. The van der Waals surface area contributed by atoms with Crippen molar-refractivity contribution in [1.82, 2.24) is 9.80 Å². The van der Waals surface area contributed by atoms with Gasteiger partial charge in [0.2, 0.25) is 6.10 Å². The second-order valence-corrected chi connectivity index (χ2v) is 15.6. The first-order valence-electron chi connectivity index (χ1n) is 15.4. The van der Waals surface area contributed by atoms with Gasteiger partial charge in [-0.15, -0.1) is 0 Å². The number of carboxylic acid groups (broad SMARTS) is 1. The fourth-order valence-corrected chi connectivity index (χ4v) is 4.98. The largest absolute Gasteiger partial charge is 0.478 e. The quantitative estimate of drug-likeness (QED) is 0.0992. The molecular formula is C33H48F4N2O9S. The maximum Gasteiger partial charge on any atom is 0.446 e. The standard InChI is InChI=1S/C33H48F4N2O9S/c1-19(46-27(43)22(17-30(2,3)4)39(11)29(45)48-31(5,6)7)25(40)38(10)23(18-32(8,9)34)28(44)47-24(26(41)42)16-20-12-14-21(15-13-20)49-33(35,36)37/h12-15,19,22-24H,16-18H2,1-11H3,(H,41,42). The molecule has 0 bridgehead atoms. The van der Waals surface area contributed by atoms with E-state index >= 15 is 0 Å². The lowest BCUT2D eigenvalue weighted by Crippen LogP contribution is -2.52. The molecule has 1 aromatic rings. The highest BCUT2D eigenvalue weighted by atomic mass is 32.2. The van der Waals surface area contributed by atoms with Crippen molar-refractivity contribution in [2.24, 2.45) is 5.41 Å². The van der Waals surface area contributed by atoms with Crippen LogP contribution in [0.4, 0.5) is 22.4 Å². The van der Waals surface area contributed by atoms with Crippen molar-refractivity contribution < 1.29 is 60.9 Å². The third-order valence-corrected chi connectivity index (χ3v) is 7.48. The van der Waals surface area contributed by atoms with E-state index in [1.807, 2.05) is 20.8 Å². The van der Waals surface area contributed by atoms with Gasteiger partial charge in [-0.2, -0.15) is 13.2 Å². The van der Waals surface area contributed by atoms with Crippen LogP contribution in [0.2, 0.25) is 0 Å². The van der Waals surface area contributed by atoms with Gasteiger partial charge in [0.15, 0.2) is 6.10 Å². The van der Waals surface area contributed by atoms with Gasteiger partial charge in [-0.3, -0.25) is 9.69 Å². The van der Waals surface area contributed by atoms with E-state index in [0.717, 1.165) is 42.8 Å². The predicted octanol–water partition coefficient (Wildman–Crippen LogP) is 6.41. The first-order chi connectivity index (χ1) is 22.0. The molecule has 0 aliphatic carbocycles. The second kappa shape index (κ2) is 16.9. The fraction of sp³-hybridized carbons (Fsp3) is 0.667. The number of amides is 2. The highest BCUT2D eigenvalue weighted by molar-refractivity contribution is 8.00. The van der Waals surface area contributed by atoms with Gasteiger partial charge in [0, 0.05) is 31.8 Å². The van der Waals surface area contributed by atoms with E-state index in [1.165, 1.54) is 26.1 Å². The molecule has 0 aliphatic rings. The highest BCUT2D eigenvalue weighted by Crippen LogP contribution is 2.37. The smallest absolute Gasteiger partial charge is 0.446 e. The first kappa shape index (κ1) is 43.5. The average molecular weight is 725 g/mol. The van der Waals surface area contributed by atoms with E-state index < -0.39 is 89.2 Å². The van der Waals surface area contributed by atoms with Crippen LogP contribution in [0, 0.1) is 5.41 Å². The topological polar surface area (TPSA) is 140 Å². The molecule has 0 fully saturated rings. The van der Waals surface area contributed by atoms with Gasteiger partial charge in [-0.25, -0.2) is 23.6 Å². The van der Waals surface area contributed by atoms with Crippen molar-refractivity contribution in [3.05, 3.63) is 29.8 Å². The van der Waals surface area contributed by atoms with E-state index in [4.69, 9.17) is 14.2 Å². The van der Waals surface area contributed by atoms with Gasteiger partial charge in [0.1, 0.15) is 23.4 Å². The molecule has 0 heterocycles. The van der Waals surface area contributed by atoms with Crippen molar-refractivity contribution in [2.45, 2.75) is 128 Å². The normalized spacial score (nSPS) is 14.9. The molecule has 278 valence electrons. The van der Waals surface area contributed by atoms with E-state index in [0.29, 0.717) is 0 Å². The summed E-state index contributed by atoms with van der Waals surface area (Å²) in [5.74, 6) is -4.74. The van der Waals surface area contributed by atoms with Gasteiger partial charge >= 0.3 is 29.5 Å². The van der Waals surface area contributed by atoms with Crippen molar-refractivity contribution in [1.29, 1.82) is 0 Å². The molecule has 0 radical (unpaired) electrons. The Kier molecular flexibility index (Phi) is 15.0. The van der Waals surface area contributed by atoms with Crippen LogP contribution >= 0.6 is 11.8 Å². The summed E-state index contributed by atoms with van der Waals surface area (Å²) in [6, 6.07) is 1.93. The minimum absolute atomic E-state index is 0.129. The number of thioether (sulfide) groups is 1. The Balaban J connectivity index is 3.21. The molecule has 0 saturated heterocycles. The number of halogens is 4. The van der Waals surface area contributed by atoms with E-state index in [2.05, 4.69) is 0 Å². The summed E-state index contributed by atoms with van der Waals surface area (Å²) in [5, 5.41) is 9.74. The maximum atomic E-state index is 14.9. The number of alkyl halides is 4. The highest BCUT2D eigenvalue weighted by Gasteiger charge is 2.40. The summed E-state index contributed by atoms with van der Waals surface area (Å²) in [6.45, 7) is 14.0. The van der Waals surface area contributed by atoms with Gasteiger partial charge in [-0.1, -0.05) is 32.9 Å². The predicted molar refractivity (Wildman–Crippen MR) is 173 cm³/mol. The van der Waals surface area contributed by atoms with Crippen LogP contribution < -0.4 is 0 Å². The van der Waals surface area contributed by atoms with Gasteiger partial charge in [-0.05, 0) is 82.8 Å². The number of rotatable bonds is 14. The lowest BCUT2D eigenvalue weighted by Gasteiger charge is -2.34. The second-order valence-electron chi connectivity index (χ2n) is 14.5. The van der Waals surface area contributed by atoms with E-state index in [-0.39, 0.29) is 28.6 Å². The summed E-state index contributed by atoms with van der Waals surface area (Å²) < 4.78 is 68.9. The summed E-state index contributed by atoms with van der Waals surface area (Å²) in [7, 11) is 2.49. The Bertz CT molecular complexity index is 1320. The molecule has 0 aromatic heterocycles. The summed E-state index contributed by atoms with van der Waals surface area (Å²) in [6.07, 6.45) is -5.10. The lowest BCUT2D eigenvalue weighted by atomic mass is 9.87. The van der Waals surface area contributed by atoms with Gasteiger partial charge in [0.25, 0.3) is 5.91 Å². The molecule has 2 amide bonds. The van der Waals surface area contributed by atoms with Gasteiger partial charge in [0.05, 0.1) is 0 Å². The van der Waals surface area contributed by atoms with Crippen LogP contribution in [0.25, 0.3) is 0 Å². The first-order valence-corrected chi connectivity index (χ1v) is 16.2. The molecule has 0 aliphatic heterocycles. The minimum atomic E-state index is -4.52. The van der Waals surface area contributed by atoms with Crippen LogP contribution in [0.15, 0.2) is 29.2 Å². The third kappa shape index (κ3) is 16.1. The van der Waals surface area contributed by atoms with Crippen molar-refractivity contribution in [3.63, 3.8) is 0 Å². The summed E-state index contributed by atoms with van der Waals surface area (Å²) in [4.78, 5) is 66.7. The molecule has 4 unspecified atom stereocenters. The van der Waals surface area contributed by atoms with Crippen LogP contribution in [0.3, 0.4) is 0 Å². The number of benzene rings is 1. The molecule has 11 nitrogen and oxygen atoms in total. The molecule has 16 heteroatoms. The monoisotopic (exact) mass is 724 g/mol. The van der Waals surface area contributed by atoms with Crippen LogP contribution in [-0.2, 0) is 39.8 Å². The molecule has 1 rings (SSSR count). The number of hydrogen-bond donors (Lipinski definition) is 1. The number of carbonyl (C=O) groups is 5. The zero-order chi connectivity index (χ0) is 38.3. The number of nitrogens with zero attached hydrogens (tertiary/aromatic N) is 2. The zero-order valence-corrected chi connectivity index (χ0v) is 30.6. The SMILES string of the molecule is CC(OC(=O)C(CC(C)(C)C)N(C)C(=O)OC(C)(C)C)C(=O)N(C)C(CC(C)(C)F)C(=O)OC(Cc1ccc(SC(F)(F)F)cc1)C(=O)O. The summed E-state index contributed by atoms with van der Waals surface area (Å²) in [5.41, 5.74) is -7.68. The van der Waals surface area contributed by atoms with Crippen LogP contribution in [0.1, 0.15) is 80.7 Å².